The van der Waals surface area contributed by atoms with Crippen LogP contribution in [-0.2, 0) is 10.2 Å². The number of ketones is 1. The highest BCUT2D eigenvalue weighted by atomic mass is 16.1. The summed E-state index contributed by atoms with van der Waals surface area (Å²) in [5, 5.41) is 19.1. The molecule has 4 rings (SSSR count). The Morgan fingerprint density at radius 1 is 1.16 bits per heavy atom. The molecule has 2 bridgehead atoms. The van der Waals surface area contributed by atoms with Crippen molar-refractivity contribution >= 4 is 5.78 Å². The lowest BCUT2D eigenvalue weighted by Gasteiger charge is -2.46. The van der Waals surface area contributed by atoms with Crippen molar-refractivity contribution in [3.8, 4) is 12.1 Å². The third-order valence-corrected chi connectivity index (χ3v) is 5.53. The van der Waals surface area contributed by atoms with Gasteiger partial charge in [0.25, 0.3) is 0 Å². The maximum Gasteiger partial charge on any atom is 0.157 e. The zero-order valence-corrected chi connectivity index (χ0v) is 13.9. The van der Waals surface area contributed by atoms with Crippen LogP contribution >= 0.6 is 0 Å². The molecule has 0 radical (unpaired) electrons. The zero-order chi connectivity index (χ0) is 17.4. The van der Waals surface area contributed by atoms with Crippen LogP contribution in [0.4, 0.5) is 0 Å². The standard InChI is InChI=1S/C20H18N4O/c21-10-14-6-15(12-23-11-14)20(13-22)8-17-4-5-18(9-20)24(17)16-2-1-3-19(25)7-16/h4-7,11-12,17-18H,1-3,8-9H2/t17-,18+,20+. The van der Waals surface area contributed by atoms with Crippen molar-refractivity contribution in [1.29, 1.82) is 10.5 Å². The van der Waals surface area contributed by atoms with E-state index in [2.05, 4.69) is 34.2 Å². The Morgan fingerprint density at radius 2 is 1.92 bits per heavy atom. The fourth-order valence-corrected chi connectivity index (χ4v) is 4.38. The first-order chi connectivity index (χ1) is 12.1. The van der Waals surface area contributed by atoms with E-state index in [1.807, 2.05) is 0 Å². The maximum atomic E-state index is 11.8. The lowest BCUT2D eigenvalue weighted by atomic mass is 9.70. The van der Waals surface area contributed by atoms with Gasteiger partial charge in [0, 0.05) is 42.7 Å². The number of nitrogens with zero attached hydrogens (tertiary/aromatic N) is 4. The molecule has 1 aromatic rings. The summed E-state index contributed by atoms with van der Waals surface area (Å²) in [6, 6.07) is 6.63. The number of hydrogen-bond donors (Lipinski definition) is 0. The van der Waals surface area contributed by atoms with Crippen molar-refractivity contribution in [3.63, 3.8) is 0 Å². The van der Waals surface area contributed by atoms with Crippen molar-refractivity contribution in [2.24, 2.45) is 0 Å². The van der Waals surface area contributed by atoms with Gasteiger partial charge in [-0.2, -0.15) is 10.5 Å². The van der Waals surface area contributed by atoms with Crippen LogP contribution in [-0.4, -0.2) is 27.8 Å². The van der Waals surface area contributed by atoms with Crippen LogP contribution in [0.5, 0.6) is 0 Å². The lowest BCUT2D eigenvalue weighted by molar-refractivity contribution is -0.115. The third-order valence-electron chi connectivity index (χ3n) is 5.53. The highest BCUT2D eigenvalue weighted by Crippen LogP contribution is 2.46. The third kappa shape index (κ3) is 2.53. The molecule has 1 aromatic heterocycles. The molecule has 3 aliphatic rings. The van der Waals surface area contributed by atoms with Crippen LogP contribution in [0, 0.1) is 22.7 Å². The van der Waals surface area contributed by atoms with Gasteiger partial charge in [0.15, 0.2) is 5.78 Å². The highest BCUT2D eigenvalue weighted by molar-refractivity contribution is 5.91. The SMILES string of the molecule is N#Cc1cncc([C@@]2(C#N)C[C@H]3C=C[C@@H](C2)N3C2=CC(=O)CCC2)c1. The molecule has 124 valence electrons. The fraction of sp³-hybridized carbons (Fsp3) is 0.400. The van der Waals surface area contributed by atoms with E-state index in [0.717, 1.165) is 24.1 Å². The first-order valence-electron chi connectivity index (χ1n) is 8.62. The van der Waals surface area contributed by atoms with Crippen molar-refractivity contribution in [3.05, 3.63) is 53.5 Å². The molecule has 0 amide bonds. The summed E-state index contributed by atoms with van der Waals surface area (Å²) in [7, 11) is 0. The first kappa shape index (κ1) is 15.6. The quantitative estimate of drug-likeness (QED) is 0.779. The van der Waals surface area contributed by atoms with Crippen molar-refractivity contribution in [2.75, 3.05) is 0 Å². The number of fused-ring (bicyclic) bond motifs is 2. The van der Waals surface area contributed by atoms with E-state index in [1.54, 1.807) is 18.3 Å². The second kappa shape index (κ2) is 5.86. The van der Waals surface area contributed by atoms with Crippen LogP contribution in [0.2, 0.25) is 0 Å². The molecular weight excluding hydrogens is 312 g/mol. The minimum atomic E-state index is -0.644. The molecular formula is C20H18N4O. The summed E-state index contributed by atoms with van der Waals surface area (Å²) >= 11 is 0. The normalized spacial score (nSPS) is 30.6. The number of carbonyl (C=O) groups excluding carboxylic acids is 1. The van der Waals surface area contributed by atoms with E-state index >= 15 is 0 Å². The highest BCUT2D eigenvalue weighted by Gasteiger charge is 2.48. The van der Waals surface area contributed by atoms with E-state index in [1.165, 1.54) is 6.20 Å². The molecule has 1 fully saturated rings. The smallest absolute Gasteiger partial charge is 0.157 e. The molecule has 3 heterocycles. The predicted octanol–water partition coefficient (Wildman–Crippen LogP) is 2.75. The van der Waals surface area contributed by atoms with Gasteiger partial charge in [0.2, 0.25) is 0 Å². The summed E-state index contributed by atoms with van der Waals surface area (Å²) in [5.41, 5.74) is 1.76. The molecule has 25 heavy (non-hydrogen) atoms. The topological polar surface area (TPSA) is 80.8 Å². The number of rotatable bonds is 2. The monoisotopic (exact) mass is 330 g/mol. The van der Waals surface area contributed by atoms with Gasteiger partial charge in [-0.3, -0.25) is 9.78 Å². The second-order valence-electron chi connectivity index (χ2n) is 7.06. The van der Waals surface area contributed by atoms with Crippen molar-refractivity contribution < 1.29 is 4.79 Å². The van der Waals surface area contributed by atoms with Crippen LogP contribution in [0.15, 0.2) is 42.4 Å². The van der Waals surface area contributed by atoms with Gasteiger partial charge < -0.3 is 4.90 Å². The predicted molar refractivity (Wildman–Crippen MR) is 91.0 cm³/mol. The van der Waals surface area contributed by atoms with E-state index in [9.17, 15) is 10.1 Å². The molecule has 1 aliphatic carbocycles. The molecule has 0 N–H and O–H groups in total. The molecule has 1 saturated heterocycles. The van der Waals surface area contributed by atoms with Gasteiger partial charge in [0.05, 0.1) is 17.0 Å². The lowest BCUT2D eigenvalue weighted by Crippen LogP contribution is -2.49. The Labute approximate surface area is 146 Å². The van der Waals surface area contributed by atoms with Gasteiger partial charge >= 0.3 is 0 Å². The molecule has 5 heteroatoms. The molecule has 5 nitrogen and oxygen atoms in total. The fourth-order valence-electron chi connectivity index (χ4n) is 4.38. The number of aromatic nitrogens is 1. The number of pyridine rings is 1. The van der Waals surface area contributed by atoms with Gasteiger partial charge in [0.1, 0.15) is 6.07 Å². The number of nitriles is 2. The molecule has 0 saturated carbocycles. The van der Waals surface area contributed by atoms with Gasteiger partial charge in [-0.1, -0.05) is 12.2 Å². The van der Waals surface area contributed by atoms with E-state index in [-0.39, 0.29) is 17.9 Å². The summed E-state index contributed by atoms with van der Waals surface area (Å²) in [4.78, 5) is 18.3. The number of carbonyl (C=O) groups is 1. The Morgan fingerprint density at radius 3 is 2.56 bits per heavy atom. The molecule has 0 unspecified atom stereocenters. The van der Waals surface area contributed by atoms with Crippen molar-refractivity contribution in [1.82, 2.24) is 9.88 Å². The average molecular weight is 330 g/mol. The summed E-state index contributed by atoms with van der Waals surface area (Å²) in [6.07, 6.45) is 13.1. The summed E-state index contributed by atoms with van der Waals surface area (Å²) in [5.74, 6) is 0.198. The number of piperidine rings is 1. The van der Waals surface area contributed by atoms with Crippen molar-refractivity contribution in [2.45, 2.75) is 49.6 Å². The Hall–Kier alpha value is -2.92. The molecule has 0 aromatic carbocycles. The molecule has 0 spiro atoms. The first-order valence-corrected chi connectivity index (χ1v) is 8.62. The van der Waals surface area contributed by atoms with E-state index in [0.29, 0.717) is 24.8 Å². The number of allylic oxidation sites excluding steroid dienone is 2. The van der Waals surface area contributed by atoms with Gasteiger partial charge in [-0.25, -0.2) is 0 Å². The largest absolute Gasteiger partial charge is 0.362 e. The van der Waals surface area contributed by atoms with Gasteiger partial charge in [-0.15, -0.1) is 0 Å². The number of hydrogen-bond acceptors (Lipinski definition) is 5. The Bertz CT molecular complexity index is 854. The average Bonchev–Trinajstić information content (AvgIpc) is 2.92. The van der Waals surface area contributed by atoms with Crippen LogP contribution in [0.25, 0.3) is 0 Å². The second-order valence-corrected chi connectivity index (χ2v) is 7.06. The minimum Gasteiger partial charge on any atom is -0.362 e. The minimum absolute atomic E-state index is 0.112. The summed E-state index contributed by atoms with van der Waals surface area (Å²) < 4.78 is 0. The van der Waals surface area contributed by atoms with Crippen LogP contribution < -0.4 is 0 Å². The maximum absolute atomic E-state index is 11.8. The van der Waals surface area contributed by atoms with Crippen LogP contribution in [0.1, 0.15) is 43.2 Å². The summed E-state index contributed by atoms with van der Waals surface area (Å²) in [6.45, 7) is 0. The molecule has 2 aliphatic heterocycles. The van der Waals surface area contributed by atoms with Crippen LogP contribution in [0.3, 0.4) is 0 Å². The van der Waals surface area contributed by atoms with E-state index < -0.39 is 5.41 Å². The Balaban J connectivity index is 1.67. The van der Waals surface area contributed by atoms with Gasteiger partial charge in [-0.05, 0) is 37.3 Å². The molecule has 3 atom stereocenters. The van der Waals surface area contributed by atoms with E-state index in [4.69, 9.17) is 5.26 Å². The zero-order valence-electron chi connectivity index (χ0n) is 13.9. The Kier molecular flexibility index (Phi) is 3.66.